The van der Waals surface area contributed by atoms with E-state index in [1.54, 1.807) is 17.5 Å². The van der Waals surface area contributed by atoms with Gasteiger partial charge in [-0.15, -0.1) is 0 Å². The molecule has 0 radical (unpaired) electrons. The summed E-state index contributed by atoms with van der Waals surface area (Å²) in [5, 5.41) is 0. The van der Waals surface area contributed by atoms with E-state index in [1.807, 2.05) is 6.20 Å². The molecule has 1 saturated carbocycles. The monoisotopic (exact) mass is 334 g/mol. The Bertz CT molecular complexity index is 732. The molecule has 3 unspecified atom stereocenters. The Morgan fingerprint density at radius 2 is 2.12 bits per heavy atom. The fourth-order valence-electron chi connectivity index (χ4n) is 5.29. The van der Waals surface area contributed by atoms with Gasteiger partial charge >= 0.3 is 0 Å². The molecule has 0 bridgehead atoms. The number of fused-ring (bicyclic) bond motifs is 1. The maximum absolute atomic E-state index is 4.13. The van der Waals surface area contributed by atoms with Crippen LogP contribution >= 0.6 is 0 Å². The molecule has 2 nitrogen and oxygen atoms in total. The van der Waals surface area contributed by atoms with Gasteiger partial charge < -0.3 is 4.98 Å². The Morgan fingerprint density at radius 1 is 1.20 bits per heavy atom. The first-order valence-corrected chi connectivity index (χ1v) is 9.91. The molecule has 3 aliphatic carbocycles. The van der Waals surface area contributed by atoms with E-state index in [9.17, 15) is 0 Å². The lowest BCUT2D eigenvalue weighted by atomic mass is 9.77. The third kappa shape index (κ3) is 3.44. The van der Waals surface area contributed by atoms with Crippen molar-refractivity contribution in [1.82, 2.24) is 9.97 Å². The van der Waals surface area contributed by atoms with Crippen molar-refractivity contribution < 1.29 is 0 Å². The summed E-state index contributed by atoms with van der Waals surface area (Å²) in [4.78, 5) is 7.34. The first kappa shape index (κ1) is 16.6. The molecule has 0 saturated heterocycles. The Balaban J connectivity index is 1.50. The van der Waals surface area contributed by atoms with Crippen LogP contribution in [0.2, 0.25) is 0 Å². The molecule has 0 spiro atoms. The fraction of sp³-hybridized carbons (Fsp3) is 0.522. The molecule has 3 atom stereocenters. The first-order chi connectivity index (χ1) is 12.2. The first-order valence-electron chi connectivity index (χ1n) is 9.91. The summed E-state index contributed by atoms with van der Waals surface area (Å²) in [6.07, 6.45) is 24.4. The summed E-state index contributed by atoms with van der Waals surface area (Å²) >= 11 is 0. The molecule has 1 heterocycles. The van der Waals surface area contributed by atoms with E-state index in [2.05, 4.69) is 54.2 Å². The maximum Gasteiger partial charge on any atom is 0.0921 e. The van der Waals surface area contributed by atoms with Crippen molar-refractivity contribution in [3.63, 3.8) is 0 Å². The van der Waals surface area contributed by atoms with E-state index in [0.717, 1.165) is 18.3 Å². The van der Waals surface area contributed by atoms with Crippen LogP contribution in [0.25, 0.3) is 0 Å². The highest BCUT2D eigenvalue weighted by Gasteiger charge is 2.43. The van der Waals surface area contributed by atoms with Gasteiger partial charge in [0.2, 0.25) is 0 Å². The van der Waals surface area contributed by atoms with Crippen molar-refractivity contribution in [3.05, 3.63) is 65.3 Å². The second kappa shape index (κ2) is 6.82. The highest BCUT2D eigenvalue weighted by Crippen LogP contribution is 2.54. The lowest BCUT2D eigenvalue weighted by molar-refractivity contribution is 0.294. The highest BCUT2D eigenvalue weighted by molar-refractivity contribution is 5.44. The predicted molar refractivity (Wildman–Crippen MR) is 104 cm³/mol. The highest BCUT2D eigenvalue weighted by atomic mass is 14.9. The number of allylic oxidation sites excluding steroid dienone is 8. The van der Waals surface area contributed by atoms with Gasteiger partial charge in [0.05, 0.1) is 6.33 Å². The quantitative estimate of drug-likeness (QED) is 0.710. The van der Waals surface area contributed by atoms with E-state index in [4.69, 9.17) is 0 Å². The Morgan fingerprint density at radius 3 is 2.84 bits per heavy atom. The molecule has 0 amide bonds. The summed E-state index contributed by atoms with van der Waals surface area (Å²) in [6, 6.07) is 0. The van der Waals surface area contributed by atoms with E-state index in [0.29, 0.717) is 5.41 Å². The summed E-state index contributed by atoms with van der Waals surface area (Å²) in [5.41, 5.74) is 6.47. The molecule has 1 fully saturated rings. The minimum absolute atomic E-state index is 0.536. The fourth-order valence-corrected chi connectivity index (χ4v) is 5.29. The van der Waals surface area contributed by atoms with Gasteiger partial charge in [0.25, 0.3) is 0 Å². The maximum atomic E-state index is 4.13. The number of imidazole rings is 1. The van der Waals surface area contributed by atoms with Crippen LogP contribution in [-0.4, -0.2) is 9.97 Å². The lowest BCUT2D eigenvalue weighted by Gasteiger charge is -2.27. The number of rotatable bonds is 5. The third-order valence-electron chi connectivity index (χ3n) is 6.42. The van der Waals surface area contributed by atoms with Crippen LogP contribution in [-0.2, 0) is 6.42 Å². The molecule has 4 rings (SSSR count). The van der Waals surface area contributed by atoms with Crippen LogP contribution in [0.15, 0.2) is 59.6 Å². The number of hydrogen-bond donors (Lipinski definition) is 1. The van der Waals surface area contributed by atoms with Crippen LogP contribution in [0.4, 0.5) is 0 Å². The molecule has 1 aromatic heterocycles. The topological polar surface area (TPSA) is 28.7 Å². The van der Waals surface area contributed by atoms with Crippen LogP contribution in [0.1, 0.15) is 58.1 Å². The number of nitrogens with zero attached hydrogens (tertiary/aromatic N) is 1. The molecule has 3 aliphatic rings. The third-order valence-corrected chi connectivity index (χ3v) is 6.42. The van der Waals surface area contributed by atoms with Gasteiger partial charge in [-0.3, -0.25) is 0 Å². The molecule has 132 valence electrons. The Kier molecular flexibility index (Phi) is 4.54. The second-order valence-corrected chi connectivity index (χ2v) is 8.52. The van der Waals surface area contributed by atoms with Gasteiger partial charge in [-0.2, -0.15) is 0 Å². The SMILES string of the molecule is CCCC1(C)CC2C=CC=C(C3=CC=C(Cc4cnc[nH]4)CC3)C2C1. The van der Waals surface area contributed by atoms with Gasteiger partial charge in [0.1, 0.15) is 0 Å². The van der Waals surface area contributed by atoms with Crippen molar-refractivity contribution in [1.29, 1.82) is 0 Å². The zero-order chi connectivity index (χ0) is 17.3. The zero-order valence-corrected chi connectivity index (χ0v) is 15.6. The van der Waals surface area contributed by atoms with Crippen molar-refractivity contribution >= 4 is 0 Å². The molecule has 1 aromatic rings. The van der Waals surface area contributed by atoms with Crippen LogP contribution in [0.3, 0.4) is 0 Å². The van der Waals surface area contributed by atoms with E-state index in [1.165, 1.54) is 49.8 Å². The molecular formula is C23H30N2. The average molecular weight is 335 g/mol. The van der Waals surface area contributed by atoms with Crippen molar-refractivity contribution in [2.24, 2.45) is 17.3 Å². The molecule has 2 heteroatoms. The van der Waals surface area contributed by atoms with Crippen LogP contribution in [0.5, 0.6) is 0 Å². The number of aromatic nitrogens is 2. The van der Waals surface area contributed by atoms with Crippen LogP contribution < -0.4 is 0 Å². The predicted octanol–water partition coefficient (Wildman–Crippen LogP) is 5.93. The molecule has 0 aliphatic heterocycles. The van der Waals surface area contributed by atoms with Crippen molar-refractivity contribution in [3.8, 4) is 0 Å². The number of aromatic amines is 1. The van der Waals surface area contributed by atoms with E-state index < -0.39 is 0 Å². The lowest BCUT2D eigenvalue weighted by Crippen LogP contribution is -2.15. The molecule has 1 N–H and O–H groups in total. The molecule has 0 aromatic carbocycles. The number of hydrogen-bond acceptors (Lipinski definition) is 1. The summed E-state index contributed by atoms with van der Waals surface area (Å²) < 4.78 is 0. The minimum Gasteiger partial charge on any atom is -0.348 e. The second-order valence-electron chi connectivity index (χ2n) is 8.52. The largest absolute Gasteiger partial charge is 0.348 e. The smallest absolute Gasteiger partial charge is 0.0921 e. The summed E-state index contributed by atoms with van der Waals surface area (Å²) in [7, 11) is 0. The van der Waals surface area contributed by atoms with Gasteiger partial charge in [-0.25, -0.2) is 4.98 Å². The average Bonchev–Trinajstić information content (AvgIpc) is 3.22. The van der Waals surface area contributed by atoms with Crippen LogP contribution in [0, 0.1) is 17.3 Å². The van der Waals surface area contributed by atoms with Crippen molar-refractivity contribution in [2.75, 3.05) is 0 Å². The molecule has 25 heavy (non-hydrogen) atoms. The zero-order valence-electron chi connectivity index (χ0n) is 15.6. The summed E-state index contributed by atoms with van der Waals surface area (Å²) in [6.45, 7) is 4.84. The molecular weight excluding hydrogens is 304 g/mol. The van der Waals surface area contributed by atoms with Gasteiger partial charge in [0.15, 0.2) is 0 Å². The van der Waals surface area contributed by atoms with Gasteiger partial charge in [-0.05, 0) is 60.5 Å². The Hall–Kier alpha value is -1.83. The van der Waals surface area contributed by atoms with Crippen molar-refractivity contribution in [2.45, 2.75) is 58.8 Å². The van der Waals surface area contributed by atoms with Gasteiger partial charge in [0, 0.05) is 18.3 Å². The number of H-pyrrole nitrogens is 1. The number of nitrogens with one attached hydrogen (secondary N) is 1. The summed E-state index contributed by atoms with van der Waals surface area (Å²) in [5.74, 6) is 1.50. The standard InChI is InChI=1S/C23H30N2/c1-3-11-23(2)13-19-5-4-6-21(22(19)14-23)18-9-7-17(8-10-18)12-20-15-24-16-25-20/h4-7,9,15-16,19,22H,3,8,10-14H2,1-2H3,(H,24,25). The minimum atomic E-state index is 0.536. The van der Waals surface area contributed by atoms with Gasteiger partial charge in [-0.1, -0.05) is 56.2 Å². The Labute approximate surface area is 151 Å². The van der Waals surface area contributed by atoms with E-state index >= 15 is 0 Å². The normalized spacial score (nSPS) is 31.4. The van der Waals surface area contributed by atoms with E-state index in [-0.39, 0.29) is 0 Å².